The van der Waals surface area contributed by atoms with Crippen LogP contribution in [0.25, 0.3) is 0 Å². The van der Waals surface area contributed by atoms with Gasteiger partial charge < -0.3 is 19.7 Å². The highest BCUT2D eigenvalue weighted by Gasteiger charge is 2.22. The zero-order chi connectivity index (χ0) is 22.4. The average Bonchev–Trinajstić information content (AvgIpc) is 3.16. The summed E-state index contributed by atoms with van der Waals surface area (Å²) in [5.74, 6) is 1.23. The van der Waals surface area contributed by atoms with Crippen molar-refractivity contribution in [2.24, 2.45) is 7.05 Å². The molecule has 1 atom stereocenters. The summed E-state index contributed by atoms with van der Waals surface area (Å²) in [6.45, 7) is -0.346. The van der Waals surface area contributed by atoms with Crippen LogP contribution in [-0.2, 0) is 12.8 Å². The van der Waals surface area contributed by atoms with E-state index in [1.54, 1.807) is 55.1 Å². The second kappa shape index (κ2) is 10.0. The number of hydrogen-bond acceptors (Lipinski definition) is 8. The fourth-order valence-corrected chi connectivity index (χ4v) is 3.67. The SMILES string of the molecule is COc1ccc(C(=O)N[C@@H](CO)c2nnc(SCc3ccc([N+](=O)[O-])cc3)n2C)cc1. The molecule has 2 N–H and O–H groups in total. The highest BCUT2D eigenvalue weighted by atomic mass is 32.2. The third-order valence-corrected chi connectivity index (χ3v) is 5.63. The number of carbonyl (C=O) groups excluding carboxylic acids is 1. The van der Waals surface area contributed by atoms with Gasteiger partial charge in [0.05, 0.1) is 18.6 Å². The van der Waals surface area contributed by atoms with E-state index in [0.29, 0.717) is 28.0 Å². The topological polar surface area (TPSA) is 132 Å². The first-order valence-electron chi connectivity index (χ1n) is 9.24. The standard InChI is InChI=1S/C20H21N5O5S/c1-24-18(17(11-26)21-19(27)14-5-9-16(30-2)10-6-14)22-23-20(24)31-12-13-3-7-15(8-4-13)25(28)29/h3-10,17,26H,11-12H2,1-2H3,(H,21,27)/t17-/m0/s1. The number of benzene rings is 2. The molecule has 0 saturated carbocycles. The molecule has 0 unspecified atom stereocenters. The smallest absolute Gasteiger partial charge is 0.269 e. The molecule has 31 heavy (non-hydrogen) atoms. The van der Waals surface area contributed by atoms with Gasteiger partial charge in [-0.2, -0.15) is 0 Å². The number of carbonyl (C=O) groups is 1. The monoisotopic (exact) mass is 443 g/mol. The number of thioether (sulfide) groups is 1. The van der Waals surface area contributed by atoms with Crippen molar-refractivity contribution in [3.8, 4) is 5.75 Å². The summed E-state index contributed by atoms with van der Waals surface area (Å²) in [4.78, 5) is 22.8. The number of amides is 1. The van der Waals surface area contributed by atoms with Gasteiger partial charge in [-0.15, -0.1) is 10.2 Å². The Bertz CT molecular complexity index is 1050. The van der Waals surface area contributed by atoms with Gasteiger partial charge in [0.25, 0.3) is 11.6 Å². The van der Waals surface area contributed by atoms with Crippen molar-refractivity contribution in [1.82, 2.24) is 20.1 Å². The molecular weight excluding hydrogens is 422 g/mol. The molecule has 1 amide bonds. The Morgan fingerprint density at radius 3 is 2.48 bits per heavy atom. The summed E-state index contributed by atoms with van der Waals surface area (Å²) in [5, 5.41) is 32.1. The molecule has 10 nitrogen and oxygen atoms in total. The molecule has 2 aromatic carbocycles. The number of nitro groups is 1. The summed E-state index contributed by atoms with van der Waals surface area (Å²) < 4.78 is 6.78. The molecule has 11 heteroatoms. The molecular formula is C20H21N5O5S. The largest absolute Gasteiger partial charge is 0.497 e. The number of aromatic nitrogens is 3. The van der Waals surface area contributed by atoms with Gasteiger partial charge in [-0.05, 0) is 29.8 Å². The van der Waals surface area contributed by atoms with Gasteiger partial charge in [-0.1, -0.05) is 23.9 Å². The molecule has 1 heterocycles. The lowest BCUT2D eigenvalue weighted by molar-refractivity contribution is -0.384. The van der Waals surface area contributed by atoms with Crippen molar-refractivity contribution in [2.45, 2.75) is 17.0 Å². The minimum absolute atomic E-state index is 0.0353. The predicted octanol–water partition coefficient (Wildman–Crippen LogP) is 2.49. The van der Waals surface area contributed by atoms with Crippen LogP contribution < -0.4 is 10.1 Å². The van der Waals surface area contributed by atoms with E-state index in [9.17, 15) is 20.0 Å². The third kappa shape index (κ3) is 5.38. The van der Waals surface area contributed by atoms with E-state index in [0.717, 1.165) is 5.56 Å². The van der Waals surface area contributed by atoms with E-state index in [2.05, 4.69) is 15.5 Å². The number of nitrogens with one attached hydrogen (secondary N) is 1. The second-order valence-corrected chi connectivity index (χ2v) is 7.49. The maximum absolute atomic E-state index is 12.5. The lowest BCUT2D eigenvalue weighted by atomic mass is 10.2. The Morgan fingerprint density at radius 2 is 1.90 bits per heavy atom. The summed E-state index contributed by atoms with van der Waals surface area (Å²) in [6.07, 6.45) is 0. The minimum Gasteiger partial charge on any atom is -0.497 e. The number of methoxy groups -OCH3 is 1. The van der Waals surface area contributed by atoms with Crippen LogP contribution in [0.3, 0.4) is 0 Å². The molecule has 3 aromatic rings. The van der Waals surface area contributed by atoms with Crippen molar-refractivity contribution >= 4 is 23.4 Å². The average molecular weight is 443 g/mol. The second-order valence-electron chi connectivity index (χ2n) is 6.55. The third-order valence-electron chi connectivity index (χ3n) is 4.54. The summed E-state index contributed by atoms with van der Waals surface area (Å²) >= 11 is 1.39. The highest BCUT2D eigenvalue weighted by Crippen LogP contribution is 2.24. The van der Waals surface area contributed by atoms with Crippen molar-refractivity contribution < 1.29 is 19.6 Å². The maximum Gasteiger partial charge on any atom is 0.269 e. The molecule has 0 aliphatic carbocycles. The summed E-state index contributed by atoms with van der Waals surface area (Å²) in [7, 11) is 3.29. The Morgan fingerprint density at radius 1 is 1.23 bits per heavy atom. The molecule has 0 bridgehead atoms. The molecule has 3 rings (SSSR count). The van der Waals surface area contributed by atoms with E-state index in [1.807, 2.05) is 0 Å². The lowest BCUT2D eigenvalue weighted by Gasteiger charge is -2.16. The summed E-state index contributed by atoms with van der Waals surface area (Å²) in [5.41, 5.74) is 1.36. The molecule has 0 spiro atoms. The van der Waals surface area contributed by atoms with Gasteiger partial charge in [0.15, 0.2) is 11.0 Å². The number of hydrogen-bond donors (Lipinski definition) is 2. The minimum atomic E-state index is -0.735. The van der Waals surface area contributed by atoms with Gasteiger partial charge in [0.1, 0.15) is 11.8 Å². The Balaban J connectivity index is 1.66. The van der Waals surface area contributed by atoms with E-state index >= 15 is 0 Å². The van der Waals surface area contributed by atoms with Gasteiger partial charge >= 0.3 is 0 Å². The molecule has 162 valence electrons. The van der Waals surface area contributed by atoms with Gasteiger partial charge in [-0.25, -0.2) is 0 Å². The number of non-ortho nitro benzene ring substituents is 1. The number of rotatable bonds is 9. The fraction of sp³-hybridized carbons (Fsp3) is 0.250. The van der Waals surface area contributed by atoms with E-state index in [4.69, 9.17) is 4.74 Å². The van der Waals surface area contributed by atoms with Crippen LogP contribution in [0.4, 0.5) is 5.69 Å². The first-order valence-corrected chi connectivity index (χ1v) is 10.2. The zero-order valence-corrected chi connectivity index (χ0v) is 17.7. The quantitative estimate of drug-likeness (QED) is 0.293. The van der Waals surface area contributed by atoms with Crippen LogP contribution in [-0.4, -0.2) is 44.4 Å². The van der Waals surface area contributed by atoms with Crippen LogP contribution in [0.2, 0.25) is 0 Å². The highest BCUT2D eigenvalue weighted by molar-refractivity contribution is 7.98. The normalized spacial score (nSPS) is 11.7. The molecule has 0 saturated heterocycles. The van der Waals surface area contributed by atoms with Crippen LogP contribution in [0.1, 0.15) is 27.8 Å². The molecule has 0 fully saturated rings. The fourth-order valence-electron chi connectivity index (χ4n) is 2.79. The van der Waals surface area contributed by atoms with E-state index < -0.39 is 11.0 Å². The predicted molar refractivity (Wildman–Crippen MR) is 114 cm³/mol. The Labute approximate surface area is 182 Å². The first kappa shape index (κ1) is 22.2. The van der Waals surface area contributed by atoms with Crippen LogP contribution in [0.5, 0.6) is 5.75 Å². The molecule has 0 radical (unpaired) electrons. The Hall–Kier alpha value is -3.44. The van der Waals surface area contributed by atoms with Crippen molar-refractivity contribution in [2.75, 3.05) is 13.7 Å². The number of aliphatic hydroxyl groups is 1. The summed E-state index contributed by atoms with van der Waals surface area (Å²) in [6, 6.07) is 12.2. The van der Waals surface area contributed by atoms with E-state index in [1.165, 1.54) is 23.9 Å². The van der Waals surface area contributed by atoms with Crippen molar-refractivity contribution in [3.05, 3.63) is 75.6 Å². The van der Waals surface area contributed by atoms with Gasteiger partial charge in [0, 0.05) is 30.5 Å². The zero-order valence-electron chi connectivity index (χ0n) is 16.9. The van der Waals surface area contributed by atoms with Gasteiger partial charge in [-0.3, -0.25) is 14.9 Å². The first-order chi connectivity index (χ1) is 14.9. The maximum atomic E-state index is 12.5. The van der Waals surface area contributed by atoms with Crippen LogP contribution in [0.15, 0.2) is 53.7 Å². The lowest BCUT2D eigenvalue weighted by Crippen LogP contribution is -2.32. The molecule has 0 aliphatic rings. The van der Waals surface area contributed by atoms with Gasteiger partial charge in [0.2, 0.25) is 0 Å². The van der Waals surface area contributed by atoms with Crippen LogP contribution >= 0.6 is 11.8 Å². The number of ether oxygens (including phenoxy) is 1. The Kier molecular flexibility index (Phi) is 7.21. The van der Waals surface area contributed by atoms with Crippen molar-refractivity contribution in [3.63, 3.8) is 0 Å². The van der Waals surface area contributed by atoms with E-state index in [-0.39, 0.29) is 18.2 Å². The van der Waals surface area contributed by atoms with Crippen LogP contribution in [0, 0.1) is 10.1 Å². The van der Waals surface area contributed by atoms with Crippen molar-refractivity contribution in [1.29, 1.82) is 0 Å². The number of nitro benzene ring substituents is 1. The molecule has 0 aliphatic heterocycles. The number of nitrogens with zero attached hydrogens (tertiary/aromatic N) is 4. The number of aliphatic hydroxyl groups excluding tert-OH is 1. The molecule has 1 aromatic heterocycles.